The standard InChI is InChI=1S/C15H22N2O/c1-2-3-4-5-6-7-10-18-15-9-8-14(17)11-13(15)12-16/h8-9,11H,2-7,10,17H2,1H3. The van der Waals surface area contributed by atoms with Gasteiger partial charge in [-0.3, -0.25) is 0 Å². The lowest BCUT2D eigenvalue weighted by atomic mass is 10.1. The van der Waals surface area contributed by atoms with Crippen LogP contribution in [0.25, 0.3) is 0 Å². The van der Waals surface area contributed by atoms with Crippen LogP contribution in [-0.2, 0) is 0 Å². The van der Waals surface area contributed by atoms with Crippen LogP contribution in [0, 0.1) is 11.3 Å². The number of hydrogen-bond acceptors (Lipinski definition) is 3. The van der Waals surface area contributed by atoms with E-state index >= 15 is 0 Å². The average molecular weight is 246 g/mol. The molecule has 0 aliphatic rings. The van der Waals surface area contributed by atoms with E-state index in [2.05, 4.69) is 13.0 Å². The summed E-state index contributed by atoms with van der Waals surface area (Å²) in [7, 11) is 0. The van der Waals surface area contributed by atoms with E-state index < -0.39 is 0 Å². The van der Waals surface area contributed by atoms with Crippen LogP contribution in [0.5, 0.6) is 5.75 Å². The van der Waals surface area contributed by atoms with Crippen molar-refractivity contribution in [1.29, 1.82) is 5.26 Å². The van der Waals surface area contributed by atoms with E-state index in [1.807, 2.05) is 0 Å². The molecule has 0 saturated heterocycles. The number of nitrogens with two attached hydrogens (primary N) is 1. The van der Waals surface area contributed by atoms with Gasteiger partial charge in [0.15, 0.2) is 0 Å². The number of benzene rings is 1. The molecule has 0 spiro atoms. The Morgan fingerprint density at radius 1 is 1.17 bits per heavy atom. The lowest BCUT2D eigenvalue weighted by molar-refractivity contribution is 0.303. The smallest absolute Gasteiger partial charge is 0.137 e. The van der Waals surface area contributed by atoms with Crippen LogP contribution in [0.1, 0.15) is 51.0 Å². The number of nitriles is 1. The van der Waals surface area contributed by atoms with E-state index in [-0.39, 0.29) is 0 Å². The number of unbranched alkanes of at least 4 members (excludes halogenated alkanes) is 5. The van der Waals surface area contributed by atoms with Crippen molar-refractivity contribution < 1.29 is 4.74 Å². The van der Waals surface area contributed by atoms with Gasteiger partial charge in [0.2, 0.25) is 0 Å². The van der Waals surface area contributed by atoms with Gasteiger partial charge >= 0.3 is 0 Å². The lowest BCUT2D eigenvalue weighted by Crippen LogP contribution is -1.99. The molecule has 0 fully saturated rings. The van der Waals surface area contributed by atoms with Gasteiger partial charge in [-0.1, -0.05) is 39.0 Å². The van der Waals surface area contributed by atoms with Gasteiger partial charge in [-0.25, -0.2) is 0 Å². The molecule has 0 bridgehead atoms. The second-order valence-corrected chi connectivity index (χ2v) is 4.48. The molecule has 98 valence electrons. The number of hydrogen-bond donors (Lipinski definition) is 1. The van der Waals surface area contributed by atoms with Crippen molar-refractivity contribution in [2.45, 2.75) is 45.4 Å². The van der Waals surface area contributed by atoms with E-state index in [1.165, 1.54) is 32.1 Å². The monoisotopic (exact) mass is 246 g/mol. The predicted molar refractivity (Wildman–Crippen MR) is 74.4 cm³/mol. The molecule has 0 aliphatic heterocycles. The van der Waals surface area contributed by atoms with Crippen LogP contribution >= 0.6 is 0 Å². The van der Waals surface area contributed by atoms with Crippen LogP contribution in [0.2, 0.25) is 0 Å². The highest BCUT2D eigenvalue weighted by molar-refractivity contribution is 5.53. The van der Waals surface area contributed by atoms with E-state index in [4.69, 9.17) is 15.7 Å². The van der Waals surface area contributed by atoms with Crippen molar-refractivity contribution in [3.05, 3.63) is 23.8 Å². The zero-order valence-electron chi connectivity index (χ0n) is 11.1. The van der Waals surface area contributed by atoms with Gasteiger partial charge in [-0.15, -0.1) is 0 Å². The summed E-state index contributed by atoms with van der Waals surface area (Å²) < 4.78 is 5.61. The summed E-state index contributed by atoms with van der Waals surface area (Å²) in [4.78, 5) is 0. The summed E-state index contributed by atoms with van der Waals surface area (Å²) >= 11 is 0. The Morgan fingerprint density at radius 3 is 2.61 bits per heavy atom. The van der Waals surface area contributed by atoms with Gasteiger partial charge in [-0.2, -0.15) is 5.26 Å². The molecule has 18 heavy (non-hydrogen) atoms. The first-order valence-electron chi connectivity index (χ1n) is 6.70. The maximum atomic E-state index is 8.96. The Labute approximate surface area is 110 Å². The molecule has 1 aromatic carbocycles. The molecule has 0 heterocycles. The second kappa shape index (κ2) is 8.41. The van der Waals surface area contributed by atoms with E-state index in [0.29, 0.717) is 23.6 Å². The third-order valence-electron chi connectivity index (χ3n) is 2.88. The van der Waals surface area contributed by atoms with E-state index in [0.717, 1.165) is 6.42 Å². The summed E-state index contributed by atoms with van der Waals surface area (Å²) in [5, 5.41) is 8.96. The second-order valence-electron chi connectivity index (χ2n) is 4.48. The van der Waals surface area contributed by atoms with Crippen molar-refractivity contribution in [1.82, 2.24) is 0 Å². The number of ether oxygens (including phenoxy) is 1. The van der Waals surface area contributed by atoms with Crippen LogP contribution in [0.4, 0.5) is 5.69 Å². The molecule has 1 rings (SSSR count). The minimum Gasteiger partial charge on any atom is -0.492 e. The maximum absolute atomic E-state index is 8.96. The van der Waals surface area contributed by atoms with Crippen molar-refractivity contribution in [3.63, 3.8) is 0 Å². The Kier molecular flexibility index (Phi) is 6.71. The summed E-state index contributed by atoms with van der Waals surface area (Å²) in [5.41, 5.74) is 6.73. The predicted octanol–water partition coefficient (Wildman–Crippen LogP) is 3.88. The van der Waals surface area contributed by atoms with Gasteiger partial charge in [-0.05, 0) is 24.6 Å². The number of nitrogen functional groups attached to an aromatic ring is 1. The van der Waals surface area contributed by atoms with Gasteiger partial charge in [0.05, 0.1) is 12.2 Å². The molecule has 0 aromatic heterocycles. The molecule has 0 unspecified atom stereocenters. The zero-order valence-corrected chi connectivity index (χ0v) is 11.1. The average Bonchev–Trinajstić information content (AvgIpc) is 2.39. The Hall–Kier alpha value is -1.69. The number of anilines is 1. The number of nitrogens with zero attached hydrogens (tertiary/aromatic N) is 1. The topological polar surface area (TPSA) is 59.0 Å². The summed E-state index contributed by atoms with van der Waals surface area (Å²) in [5.74, 6) is 0.639. The molecule has 2 N–H and O–H groups in total. The molecular weight excluding hydrogens is 224 g/mol. The highest BCUT2D eigenvalue weighted by Gasteiger charge is 2.03. The van der Waals surface area contributed by atoms with Crippen molar-refractivity contribution in [2.75, 3.05) is 12.3 Å². The summed E-state index contributed by atoms with van der Waals surface area (Å²) in [6.45, 7) is 2.89. The first kappa shape index (κ1) is 14.4. The quantitative estimate of drug-likeness (QED) is 0.559. The van der Waals surface area contributed by atoms with Crippen molar-refractivity contribution >= 4 is 5.69 Å². The molecule has 0 radical (unpaired) electrons. The molecule has 3 nitrogen and oxygen atoms in total. The third kappa shape index (κ3) is 5.09. The van der Waals surface area contributed by atoms with E-state index in [9.17, 15) is 0 Å². The molecule has 0 aliphatic carbocycles. The summed E-state index contributed by atoms with van der Waals surface area (Å²) in [6, 6.07) is 7.28. The lowest BCUT2D eigenvalue weighted by Gasteiger charge is -2.08. The first-order valence-corrected chi connectivity index (χ1v) is 6.70. The zero-order chi connectivity index (χ0) is 13.2. The SMILES string of the molecule is CCCCCCCCOc1ccc(N)cc1C#N. The molecular formula is C15H22N2O. The van der Waals surface area contributed by atoms with Crippen molar-refractivity contribution in [2.24, 2.45) is 0 Å². The highest BCUT2D eigenvalue weighted by Crippen LogP contribution is 2.20. The Balaban J connectivity index is 2.25. The normalized spacial score (nSPS) is 10.0. The maximum Gasteiger partial charge on any atom is 0.137 e. The molecule has 0 saturated carbocycles. The third-order valence-corrected chi connectivity index (χ3v) is 2.88. The van der Waals surface area contributed by atoms with Crippen LogP contribution in [-0.4, -0.2) is 6.61 Å². The van der Waals surface area contributed by atoms with Crippen LogP contribution < -0.4 is 10.5 Å². The number of rotatable bonds is 8. The van der Waals surface area contributed by atoms with Gasteiger partial charge in [0.1, 0.15) is 11.8 Å². The fourth-order valence-electron chi connectivity index (χ4n) is 1.83. The first-order chi connectivity index (χ1) is 8.77. The van der Waals surface area contributed by atoms with Gasteiger partial charge in [0.25, 0.3) is 0 Å². The summed E-state index contributed by atoms with van der Waals surface area (Å²) in [6.07, 6.45) is 7.40. The fourth-order valence-corrected chi connectivity index (χ4v) is 1.83. The van der Waals surface area contributed by atoms with Gasteiger partial charge < -0.3 is 10.5 Å². The van der Waals surface area contributed by atoms with Crippen molar-refractivity contribution in [3.8, 4) is 11.8 Å². The van der Waals surface area contributed by atoms with Gasteiger partial charge in [0, 0.05) is 5.69 Å². The van der Waals surface area contributed by atoms with Crippen LogP contribution in [0.3, 0.4) is 0 Å². The Morgan fingerprint density at radius 2 is 1.89 bits per heavy atom. The van der Waals surface area contributed by atoms with Crippen LogP contribution in [0.15, 0.2) is 18.2 Å². The van der Waals surface area contributed by atoms with E-state index in [1.54, 1.807) is 18.2 Å². The molecule has 1 aromatic rings. The largest absolute Gasteiger partial charge is 0.492 e. The minimum atomic E-state index is 0.515. The molecule has 0 atom stereocenters. The molecule has 3 heteroatoms. The Bertz CT molecular complexity index is 396. The minimum absolute atomic E-state index is 0.515. The fraction of sp³-hybridized carbons (Fsp3) is 0.533. The molecule has 0 amide bonds. The highest BCUT2D eigenvalue weighted by atomic mass is 16.5.